The van der Waals surface area contributed by atoms with Crippen LogP contribution in [0.15, 0.2) is 0 Å². The Morgan fingerprint density at radius 3 is 1.78 bits per heavy atom. The molecule has 0 spiro atoms. The molecule has 0 aliphatic rings. The topological polar surface area (TPSA) is 44.8 Å². The summed E-state index contributed by atoms with van der Waals surface area (Å²) >= 11 is 0. The molecule has 1 unspecified atom stereocenters. The Bertz CT molecular complexity index is 377. The highest BCUT2D eigenvalue weighted by Gasteiger charge is 2.47. The molecule has 0 aliphatic carbocycles. The summed E-state index contributed by atoms with van der Waals surface area (Å²) in [5.74, 6) is -0.0990. The molecule has 0 aliphatic heterocycles. The van der Waals surface area contributed by atoms with Crippen molar-refractivity contribution in [1.82, 2.24) is 0 Å². The molecule has 0 aromatic heterocycles. The summed E-state index contributed by atoms with van der Waals surface area (Å²) in [4.78, 5) is 12.8. The van der Waals surface area contributed by atoms with Crippen LogP contribution in [0.3, 0.4) is 0 Å². The number of carbonyl (C=O) groups is 1. The molecular formula is C18H38O4Si. The minimum absolute atomic E-state index is 0.0681. The second kappa shape index (κ2) is 8.12. The van der Waals surface area contributed by atoms with Crippen LogP contribution in [0, 0.1) is 16.2 Å². The fourth-order valence-corrected chi connectivity index (χ4v) is 4.07. The fourth-order valence-electron chi connectivity index (χ4n) is 2.71. The lowest BCUT2D eigenvalue weighted by Crippen LogP contribution is -2.44. The first kappa shape index (κ1) is 22.6. The van der Waals surface area contributed by atoms with Crippen molar-refractivity contribution in [3.8, 4) is 0 Å². The lowest BCUT2D eigenvalue weighted by molar-refractivity contribution is -0.164. The molecule has 0 bridgehead atoms. The summed E-state index contributed by atoms with van der Waals surface area (Å²) in [6.07, 6.45) is 1.57. The zero-order valence-electron chi connectivity index (χ0n) is 17.0. The first-order valence-electron chi connectivity index (χ1n) is 8.48. The van der Waals surface area contributed by atoms with Gasteiger partial charge >= 0.3 is 14.5 Å². The van der Waals surface area contributed by atoms with Gasteiger partial charge in [-0.25, -0.2) is 0 Å². The van der Waals surface area contributed by atoms with Crippen molar-refractivity contribution < 1.29 is 18.4 Å². The van der Waals surface area contributed by atoms with Gasteiger partial charge < -0.3 is 13.6 Å². The van der Waals surface area contributed by atoms with Crippen molar-refractivity contribution in [1.29, 1.82) is 0 Å². The van der Waals surface area contributed by atoms with Crippen LogP contribution in [-0.4, -0.2) is 35.4 Å². The Morgan fingerprint density at radius 2 is 1.43 bits per heavy atom. The number of ether oxygens (including phenoxy) is 1. The third-order valence-corrected chi connectivity index (χ3v) is 7.85. The second-order valence-corrected chi connectivity index (χ2v) is 12.7. The van der Waals surface area contributed by atoms with Gasteiger partial charge in [0.2, 0.25) is 0 Å². The molecule has 0 saturated heterocycles. The van der Waals surface area contributed by atoms with Crippen molar-refractivity contribution in [3.63, 3.8) is 0 Å². The van der Waals surface area contributed by atoms with Gasteiger partial charge in [-0.3, -0.25) is 4.79 Å². The van der Waals surface area contributed by atoms with Gasteiger partial charge in [-0.05, 0) is 43.2 Å². The average molecular weight is 347 g/mol. The van der Waals surface area contributed by atoms with Crippen LogP contribution in [0.25, 0.3) is 0 Å². The van der Waals surface area contributed by atoms with Gasteiger partial charge in [0.15, 0.2) is 0 Å². The number of rotatable bonds is 8. The summed E-state index contributed by atoms with van der Waals surface area (Å²) in [6, 6.07) is 0.818. The lowest BCUT2D eigenvalue weighted by Gasteiger charge is -2.43. The van der Waals surface area contributed by atoms with E-state index in [1.807, 2.05) is 13.5 Å². The molecule has 0 rings (SSSR count). The first-order chi connectivity index (χ1) is 10.2. The molecule has 138 valence electrons. The summed E-state index contributed by atoms with van der Waals surface area (Å²) in [5, 5.41) is 0. The summed E-state index contributed by atoms with van der Waals surface area (Å²) in [5.41, 5.74) is -0.590. The smallest absolute Gasteiger partial charge is 0.334 e. The third kappa shape index (κ3) is 6.94. The van der Waals surface area contributed by atoms with Crippen molar-refractivity contribution in [2.75, 3.05) is 20.8 Å². The quantitative estimate of drug-likeness (QED) is 0.361. The SMILES string of the molecule is CO[Si](C)(CCCOC(=O)C(C)(CC(C)(C)C)C(C)(C)C)OC. The number of esters is 1. The van der Waals surface area contributed by atoms with E-state index in [0.717, 1.165) is 18.9 Å². The lowest BCUT2D eigenvalue weighted by atomic mass is 9.61. The van der Waals surface area contributed by atoms with E-state index in [9.17, 15) is 4.79 Å². The Kier molecular flexibility index (Phi) is 7.98. The van der Waals surface area contributed by atoms with E-state index in [2.05, 4.69) is 41.5 Å². The van der Waals surface area contributed by atoms with Crippen LogP contribution >= 0.6 is 0 Å². The first-order valence-corrected chi connectivity index (χ1v) is 11.0. The van der Waals surface area contributed by atoms with E-state index in [1.54, 1.807) is 14.2 Å². The highest BCUT2D eigenvalue weighted by Crippen LogP contribution is 2.47. The predicted molar refractivity (Wildman–Crippen MR) is 97.7 cm³/mol. The van der Waals surface area contributed by atoms with E-state index in [-0.39, 0.29) is 16.8 Å². The molecule has 4 nitrogen and oxygen atoms in total. The summed E-state index contributed by atoms with van der Waals surface area (Å²) in [7, 11) is 1.28. The predicted octanol–water partition coefficient (Wildman–Crippen LogP) is 4.77. The van der Waals surface area contributed by atoms with Gasteiger partial charge in [-0.1, -0.05) is 41.5 Å². The summed E-state index contributed by atoms with van der Waals surface area (Å²) in [6.45, 7) is 17.3. The van der Waals surface area contributed by atoms with Gasteiger partial charge in [-0.2, -0.15) is 0 Å². The number of hydrogen-bond acceptors (Lipinski definition) is 4. The van der Waals surface area contributed by atoms with Crippen LogP contribution in [0.1, 0.15) is 61.3 Å². The van der Waals surface area contributed by atoms with Gasteiger partial charge in [0.1, 0.15) is 0 Å². The maximum atomic E-state index is 12.8. The molecule has 0 N–H and O–H groups in total. The molecule has 0 fully saturated rings. The Hall–Kier alpha value is -0.393. The molecule has 5 heteroatoms. The zero-order valence-corrected chi connectivity index (χ0v) is 18.0. The molecule has 0 saturated carbocycles. The maximum absolute atomic E-state index is 12.8. The molecule has 1 atom stereocenters. The zero-order chi connectivity index (χ0) is 18.5. The Balaban J connectivity index is 4.77. The minimum atomic E-state index is -2.08. The second-order valence-electron chi connectivity index (χ2n) is 9.10. The average Bonchev–Trinajstić information content (AvgIpc) is 2.39. The van der Waals surface area contributed by atoms with Crippen LogP contribution in [0.4, 0.5) is 0 Å². The van der Waals surface area contributed by atoms with Crippen LogP contribution in [0.2, 0.25) is 12.6 Å². The summed E-state index contributed by atoms with van der Waals surface area (Å²) < 4.78 is 16.6. The Labute approximate surface area is 144 Å². The van der Waals surface area contributed by atoms with Crippen LogP contribution in [-0.2, 0) is 18.4 Å². The molecule has 0 heterocycles. The molecule has 0 radical (unpaired) electrons. The highest BCUT2D eigenvalue weighted by molar-refractivity contribution is 6.65. The minimum Gasteiger partial charge on any atom is -0.465 e. The van der Waals surface area contributed by atoms with E-state index in [0.29, 0.717) is 6.61 Å². The molecule has 0 aromatic carbocycles. The van der Waals surface area contributed by atoms with Gasteiger partial charge in [0.05, 0.1) is 12.0 Å². The van der Waals surface area contributed by atoms with Crippen LogP contribution < -0.4 is 0 Å². The fraction of sp³-hybridized carbons (Fsp3) is 0.944. The highest BCUT2D eigenvalue weighted by atomic mass is 28.4. The normalized spacial score (nSPS) is 16.1. The largest absolute Gasteiger partial charge is 0.465 e. The van der Waals surface area contributed by atoms with Crippen molar-refractivity contribution >= 4 is 14.5 Å². The van der Waals surface area contributed by atoms with Crippen molar-refractivity contribution in [3.05, 3.63) is 0 Å². The van der Waals surface area contributed by atoms with Gasteiger partial charge in [0.25, 0.3) is 0 Å². The third-order valence-electron chi connectivity index (χ3n) is 4.86. The monoisotopic (exact) mass is 346 g/mol. The molecular weight excluding hydrogens is 308 g/mol. The standard InChI is InChI=1S/C18H38O4Si/c1-16(2,3)14-18(7,17(4,5)6)15(19)22-12-11-13-23(10,20-8)21-9/h11-14H2,1-10H3. The van der Waals surface area contributed by atoms with E-state index in [1.165, 1.54) is 0 Å². The molecule has 0 aromatic rings. The van der Waals surface area contributed by atoms with Gasteiger partial charge in [0, 0.05) is 14.2 Å². The maximum Gasteiger partial charge on any atom is 0.334 e. The number of carbonyl (C=O) groups excluding carboxylic acids is 1. The van der Waals surface area contributed by atoms with Crippen molar-refractivity contribution in [2.24, 2.45) is 16.2 Å². The Morgan fingerprint density at radius 1 is 0.957 bits per heavy atom. The van der Waals surface area contributed by atoms with E-state index < -0.39 is 14.0 Å². The van der Waals surface area contributed by atoms with Gasteiger partial charge in [-0.15, -0.1) is 0 Å². The van der Waals surface area contributed by atoms with E-state index >= 15 is 0 Å². The molecule has 0 amide bonds. The van der Waals surface area contributed by atoms with Crippen LogP contribution in [0.5, 0.6) is 0 Å². The van der Waals surface area contributed by atoms with Crippen molar-refractivity contribution in [2.45, 2.75) is 73.9 Å². The number of hydrogen-bond donors (Lipinski definition) is 0. The molecule has 23 heavy (non-hydrogen) atoms. The van der Waals surface area contributed by atoms with E-state index in [4.69, 9.17) is 13.6 Å².